The summed E-state index contributed by atoms with van der Waals surface area (Å²) in [4.78, 5) is 16.5. The quantitative estimate of drug-likeness (QED) is 0.304. The fraction of sp³-hybridized carbons (Fsp3) is 0.118. The van der Waals surface area contributed by atoms with Crippen molar-refractivity contribution in [1.82, 2.24) is 10.4 Å². The van der Waals surface area contributed by atoms with Gasteiger partial charge in [0, 0.05) is 0 Å². The monoisotopic (exact) mass is 390 g/mol. The van der Waals surface area contributed by atoms with E-state index in [-0.39, 0.29) is 16.7 Å². The number of halogens is 1. The molecule has 0 saturated carbocycles. The van der Waals surface area contributed by atoms with Crippen LogP contribution in [0.25, 0.3) is 10.2 Å². The van der Waals surface area contributed by atoms with Gasteiger partial charge in [-0.2, -0.15) is 5.10 Å². The topological polar surface area (TPSA) is 107 Å². The maximum absolute atomic E-state index is 12.1. The third kappa shape index (κ3) is 4.04. The Morgan fingerprint density at radius 1 is 1.35 bits per heavy atom. The zero-order chi connectivity index (χ0) is 18.7. The number of hydrogen-bond acceptors (Lipinski definition) is 7. The van der Waals surface area contributed by atoms with E-state index in [9.17, 15) is 15.0 Å². The molecule has 1 aromatic heterocycles. The second kappa shape index (κ2) is 7.59. The Hall–Kier alpha value is -2.84. The smallest absolute Gasteiger partial charge is 0.262 e. The second-order valence-corrected chi connectivity index (χ2v) is 6.90. The van der Waals surface area contributed by atoms with Gasteiger partial charge in [0.2, 0.25) is 0 Å². The Kier molecular flexibility index (Phi) is 5.24. The van der Waals surface area contributed by atoms with E-state index >= 15 is 0 Å². The van der Waals surface area contributed by atoms with Crippen molar-refractivity contribution in [1.29, 1.82) is 0 Å². The average Bonchev–Trinajstić information content (AvgIpc) is 3.01. The number of nitrogens with zero attached hydrogens (tertiary/aromatic N) is 2. The molecule has 0 aliphatic heterocycles. The molecule has 0 saturated heterocycles. The summed E-state index contributed by atoms with van der Waals surface area (Å²) in [5.41, 5.74) is 3.69. The number of benzene rings is 2. The Bertz CT molecular complexity index is 933. The van der Waals surface area contributed by atoms with Crippen molar-refractivity contribution in [3.63, 3.8) is 0 Å². The first kappa shape index (κ1) is 18.0. The van der Waals surface area contributed by atoms with Crippen LogP contribution in [-0.4, -0.2) is 33.4 Å². The number of hydrogen-bond donors (Lipinski definition) is 4. The predicted octanol–water partition coefficient (Wildman–Crippen LogP) is 3.31. The van der Waals surface area contributed by atoms with Gasteiger partial charge in [0.25, 0.3) is 5.91 Å². The number of anilines is 1. The summed E-state index contributed by atoms with van der Waals surface area (Å²) in [5, 5.41) is 26.4. The van der Waals surface area contributed by atoms with Crippen LogP contribution in [0.5, 0.6) is 11.5 Å². The maximum atomic E-state index is 12.1. The molecular formula is C17H15ClN4O3S. The highest BCUT2D eigenvalue weighted by atomic mass is 35.5. The molecule has 1 heterocycles. The normalized spacial score (nSPS) is 12.4. The summed E-state index contributed by atoms with van der Waals surface area (Å²) >= 11 is 7.22. The van der Waals surface area contributed by atoms with E-state index in [4.69, 9.17) is 11.6 Å². The van der Waals surface area contributed by atoms with Crippen LogP contribution in [0.15, 0.2) is 41.5 Å². The van der Waals surface area contributed by atoms with Gasteiger partial charge in [-0.1, -0.05) is 35.1 Å². The fourth-order valence-electron chi connectivity index (χ4n) is 2.13. The van der Waals surface area contributed by atoms with Crippen molar-refractivity contribution in [2.24, 2.45) is 5.10 Å². The van der Waals surface area contributed by atoms with Gasteiger partial charge in [-0.3, -0.25) is 4.79 Å². The van der Waals surface area contributed by atoms with Crippen LogP contribution in [0.1, 0.15) is 12.5 Å². The van der Waals surface area contributed by atoms with Crippen LogP contribution in [0, 0.1) is 0 Å². The number of fused-ring (bicyclic) bond motifs is 1. The molecule has 0 fully saturated rings. The van der Waals surface area contributed by atoms with E-state index in [2.05, 4.69) is 20.8 Å². The molecular weight excluding hydrogens is 376 g/mol. The number of para-hydroxylation sites is 1. The molecule has 2 aromatic carbocycles. The van der Waals surface area contributed by atoms with Crippen molar-refractivity contribution in [3.8, 4) is 11.5 Å². The standard InChI is InChI=1S/C17H15ClN4O3S/c1-9(20-17-21-12-4-2-3-5-14(12)26-17)16(25)22-19-8-10-6-11(18)15(24)13(23)7-10/h2-9,23-24H,1H3,(H,20,21)(H,22,25)/b19-8+/t9-/m1/s1. The molecule has 1 atom stereocenters. The highest BCUT2D eigenvalue weighted by Crippen LogP contribution is 2.33. The molecule has 4 N–H and O–H groups in total. The average molecular weight is 391 g/mol. The van der Waals surface area contributed by atoms with E-state index in [1.165, 1.54) is 29.7 Å². The molecule has 9 heteroatoms. The van der Waals surface area contributed by atoms with E-state index in [1.54, 1.807) is 6.92 Å². The van der Waals surface area contributed by atoms with Crippen molar-refractivity contribution in [3.05, 3.63) is 47.0 Å². The van der Waals surface area contributed by atoms with Crippen LogP contribution >= 0.6 is 22.9 Å². The fourth-order valence-corrected chi connectivity index (χ4v) is 3.31. The lowest BCUT2D eigenvalue weighted by atomic mass is 10.2. The number of amides is 1. The summed E-state index contributed by atoms with van der Waals surface area (Å²) in [5.74, 6) is -1.12. The first-order valence-electron chi connectivity index (χ1n) is 7.60. The van der Waals surface area contributed by atoms with E-state index in [1.807, 2.05) is 24.3 Å². The number of nitrogens with one attached hydrogen (secondary N) is 2. The number of carbonyl (C=O) groups excluding carboxylic acids is 1. The summed E-state index contributed by atoms with van der Waals surface area (Å²) in [7, 11) is 0. The third-order valence-electron chi connectivity index (χ3n) is 3.48. The molecule has 0 aliphatic rings. The molecule has 0 spiro atoms. The SMILES string of the molecule is C[C@@H](Nc1nc2ccccc2s1)C(=O)N/N=C/c1cc(O)c(O)c(Cl)c1. The predicted molar refractivity (Wildman–Crippen MR) is 103 cm³/mol. The lowest BCUT2D eigenvalue weighted by molar-refractivity contribution is -0.121. The van der Waals surface area contributed by atoms with Gasteiger partial charge < -0.3 is 15.5 Å². The number of phenols is 2. The molecule has 1 amide bonds. The number of aromatic nitrogens is 1. The van der Waals surface area contributed by atoms with Gasteiger partial charge in [0.05, 0.1) is 21.5 Å². The largest absolute Gasteiger partial charge is 0.504 e. The molecule has 0 unspecified atom stereocenters. The minimum absolute atomic E-state index is 0.0105. The Morgan fingerprint density at radius 3 is 2.85 bits per heavy atom. The van der Waals surface area contributed by atoms with Gasteiger partial charge >= 0.3 is 0 Å². The third-order valence-corrected chi connectivity index (χ3v) is 4.74. The van der Waals surface area contributed by atoms with Crippen LogP contribution in [-0.2, 0) is 4.79 Å². The molecule has 0 radical (unpaired) electrons. The summed E-state index contributed by atoms with van der Waals surface area (Å²) in [6, 6.07) is 9.85. The highest BCUT2D eigenvalue weighted by molar-refractivity contribution is 7.22. The number of rotatable bonds is 5. The van der Waals surface area contributed by atoms with Gasteiger partial charge in [-0.15, -0.1) is 0 Å². The second-order valence-electron chi connectivity index (χ2n) is 5.46. The number of thiazole rings is 1. The molecule has 7 nitrogen and oxygen atoms in total. The van der Waals surface area contributed by atoms with Crippen LogP contribution in [0.3, 0.4) is 0 Å². The van der Waals surface area contributed by atoms with E-state index in [0.717, 1.165) is 10.2 Å². The van der Waals surface area contributed by atoms with Crippen molar-refractivity contribution in [2.45, 2.75) is 13.0 Å². The number of aromatic hydroxyl groups is 2. The number of hydrazone groups is 1. The molecule has 3 rings (SSSR count). The van der Waals surface area contributed by atoms with E-state index in [0.29, 0.717) is 10.7 Å². The zero-order valence-corrected chi connectivity index (χ0v) is 15.2. The van der Waals surface area contributed by atoms with Crippen molar-refractivity contribution >= 4 is 50.4 Å². The summed E-state index contributed by atoms with van der Waals surface area (Å²) in [6.45, 7) is 1.69. The van der Waals surface area contributed by atoms with Gasteiger partial charge in [-0.05, 0) is 36.8 Å². The maximum Gasteiger partial charge on any atom is 0.262 e. The first-order valence-corrected chi connectivity index (χ1v) is 8.80. The lowest BCUT2D eigenvalue weighted by Crippen LogP contribution is -2.34. The molecule has 134 valence electrons. The van der Waals surface area contributed by atoms with Gasteiger partial charge in [0.15, 0.2) is 16.6 Å². The first-order chi connectivity index (χ1) is 12.4. The Morgan fingerprint density at radius 2 is 2.12 bits per heavy atom. The Labute approximate surface area is 158 Å². The molecule has 0 bridgehead atoms. The van der Waals surface area contributed by atoms with Gasteiger partial charge in [0.1, 0.15) is 6.04 Å². The minimum atomic E-state index is -0.551. The van der Waals surface area contributed by atoms with Crippen LogP contribution < -0.4 is 10.7 Å². The van der Waals surface area contributed by atoms with Crippen molar-refractivity contribution < 1.29 is 15.0 Å². The number of phenolic OH excluding ortho intramolecular Hbond substituents is 2. The van der Waals surface area contributed by atoms with Crippen LogP contribution in [0.4, 0.5) is 5.13 Å². The Balaban J connectivity index is 1.60. The summed E-state index contributed by atoms with van der Waals surface area (Å²) < 4.78 is 1.03. The molecule has 26 heavy (non-hydrogen) atoms. The lowest BCUT2D eigenvalue weighted by Gasteiger charge is -2.10. The summed E-state index contributed by atoms with van der Waals surface area (Å²) in [6.07, 6.45) is 1.31. The van der Waals surface area contributed by atoms with Gasteiger partial charge in [-0.25, -0.2) is 10.4 Å². The zero-order valence-electron chi connectivity index (χ0n) is 13.6. The van der Waals surface area contributed by atoms with E-state index < -0.39 is 11.8 Å². The molecule has 3 aromatic rings. The minimum Gasteiger partial charge on any atom is -0.504 e. The highest BCUT2D eigenvalue weighted by Gasteiger charge is 2.14. The van der Waals surface area contributed by atoms with Crippen molar-refractivity contribution in [2.75, 3.05) is 5.32 Å². The molecule has 0 aliphatic carbocycles. The van der Waals surface area contributed by atoms with Crippen LogP contribution in [0.2, 0.25) is 5.02 Å². The number of carbonyl (C=O) groups is 1.